The van der Waals surface area contributed by atoms with Gasteiger partial charge in [0.1, 0.15) is 0 Å². The van der Waals surface area contributed by atoms with Crippen LogP contribution in [0, 0.1) is 11.6 Å². The van der Waals surface area contributed by atoms with Crippen LogP contribution in [0.1, 0.15) is 5.82 Å². The lowest BCUT2D eigenvalue weighted by Gasteiger charge is -2.21. The van der Waals surface area contributed by atoms with Crippen LogP contribution < -0.4 is 9.62 Å². The number of amides is 1. The Bertz CT molecular complexity index is 1190. The number of sulfonamides is 1. The van der Waals surface area contributed by atoms with E-state index in [-0.39, 0.29) is 18.0 Å². The number of rotatable bonds is 8. The molecule has 1 N–H and O–H groups in total. The third-order valence-electron chi connectivity index (χ3n) is 4.19. The fourth-order valence-electron chi connectivity index (χ4n) is 2.63. The minimum absolute atomic E-state index is 0.0338. The number of carbonyl (C=O) groups is 1. The summed E-state index contributed by atoms with van der Waals surface area (Å²) in [7, 11) is -1.90. The van der Waals surface area contributed by atoms with E-state index in [2.05, 4.69) is 15.5 Å². The number of hydrogen-bond acceptors (Lipinski definition) is 6. The molecule has 0 spiro atoms. The molecule has 12 heteroatoms. The van der Waals surface area contributed by atoms with Gasteiger partial charge in [-0.2, -0.15) is 0 Å². The van der Waals surface area contributed by atoms with Gasteiger partial charge in [0.15, 0.2) is 22.6 Å². The molecule has 0 aliphatic rings. The summed E-state index contributed by atoms with van der Waals surface area (Å²) in [5, 5.41) is 10.9. The number of nitrogens with zero attached hydrogens (tertiary/aromatic N) is 4. The molecule has 3 rings (SSSR count). The van der Waals surface area contributed by atoms with Crippen LogP contribution in [-0.4, -0.2) is 41.1 Å². The van der Waals surface area contributed by atoms with Gasteiger partial charge < -0.3 is 9.88 Å². The van der Waals surface area contributed by atoms with Crippen LogP contribution in [0.2, 0.25) is 0 Å². The average molecular weight is 468 g/mol. The highest BCUT2D eigenvalue weighted by Gasteiger charge is 2.21. The lowest BCUT2D eigenvalue weighted by Crippen LogP contribution is -2.30. The Kier molecular flexibility index (Phi) is 6.91. The number of aromatic nitrogens is 3. The quantitative estimate of drug-likeness (QED) is 0.512. The van der Waals surface area contributed by atoms with Crippen molar-refractivity contribution < 1.29 is 22.0 Å². The molecular weight excluding hydrogens is 448 g/mol. The van der Waals surface area contributed by atoms with E-state index in [9.17, 15) is 22.0 Å². The van der Waals surface area contributed by atoms with Crippen molar-refractivity contribution >= 4 is 39.1 Å². The van der Waals surface area contributed by atoms with Crippen molar-refractivity contribution in [1.82, 2.24) is 14.8 Å². The summed E-state index contributed by atoms with van der Waals surface area (Å²) in [5.41, 5.74) is 0.628. The van der Waals surface area contributed by atoms with Crippen LogP contribution >= 0.6 is 11.8 Å². The highest BCUT2D eigenvalue weighted by molar-refractivity contribution is 7.99. The molecule has 1 amide bonds. The van der Waals surface area contributed by atoms with E-state index in [1.807, 2.05) is 0 Å². The topological polar surface area (TPSA) is 97.2 Å². The van der Waals surface area contributed by atoms with Gasteiger partial charge in [-0.25, -0.2) is 17.2 Å². The maximum atomic E-state index is 13.2. The third kappa shape index (κ3) is 5.79. The van der Waals surface area contributed by atoms with Crippen molar-refractivity contribution in [2.24, 2.45) is 7.05 Å². The molecule has 0 unspecified atom stereocenters. The molecule has 0 fully saturated rings. The molecule has 8 nitrogen and oxygen atoms in total. The first kappa shape index (κ1) is 22.7. The lowest BCUT2D eigenvalue weighted by atomic mass is 10.3. The molecule has 164 valence electrons. The van der Waals surface area contributed by atoms with Crippen LogP contribution in [0.5, 0.6) is 0 Å². The Balaban J connectivity index is 1.66. The van der Waals surface area contributed by atoms with E-state index in [0.29, 0.717) is 16.7 Å². The van der Waals surface area contributed by atoms with Gasteiger partial charge >= 0.3 is 0 Å². The van der Waals surface area contributed by atoms with Crippen LogP contribution in [-0.2, 0) is 28.4 Å². The highest BCUT2D eigenvalue weighted by Crippen LogP contribution is 2.22. The van der Waals surface area contributed by atoms with Gasteiger partial charge in [-0.1, -0.05) is 30.0 Å². The molecular formula is C19H19F2N5O3S2. The Morgan fingerprint density at radius 3 is 2.48 bits per heavy atom. The molecule has 0 aliphatic heterocycles. The van der Waals surface area contributed by atoms with E-state index in [0.717, 1.165) is 30.2 Å². The molecule has 0 radical (unpaired) electrons. The number of hydrogen-bond donors (Lipinski definition) is 1. The predicted octanol–water partition coefficient (Wildman–Crippen LogP) is 2.79. The van der Waals surface area contributed by atoms with Crippen LogP contribution in [0.25, 0.3) is 0 Å². The second-order valence-corrected chi connectivity index (χ2v) is 9.38. The number of anilines is 2. The molecule has 3 aromatic rings. The Labute approximate surface area is 182 Å². The number of nitrogens with one attached hydrogen (secondary N) is 1. The number of carbonyl (C=O) groups excluding carboxylic acids is 1. The predicted molar refractivity (Wildman–Crippen MR) is 114 cm³/mol. The van der Waals surface area contributed by atoms with Crippen molar-refractivity contribution in [3.05, 3.63) is 66.0 Å². The molecule has 0 bridgehead atoms. The van der Waals surface area contributed by atoms with Crippen molar-refractivity contribution in [3.8, 4) is 0 Å². The van der Waals surface area contributed by atoms with Crippen molar-refractivity contribution in [2.45, 2.75) is 11.7 Å². The summed E-state index contributed by atoms with van der Waals surface area (Å²) in [5.74, 6) is -2.17. The number of para-hydroxylation sites is 1. The second-order valence-electron chi connectivity index (χ2n) is 6.53. The average Bonchev–Trinajstić information content (AvgIpc) is 3.06. The second kappa shape index (κ2) is 9.43. The maximum absolute atomic E-state index is 13.2. The minimum Gasteiger partial charge on any atom is -0.325 e. The van der Waals surface area contributed by atoms with Crippen LogP contribution in [0.3, 0.4) is 0 Å². The molecule has 1 heterocycles. The van der Waals surface area contributed by atoms with E-state index in [1.165, 1.54) is 10.4 Å². The summed E-state index contributed by atoms with van der Waals surface area (Å²) in [6, 6.07) is 11.7. The summed E-state index contributed by atoms with van der Waals surface area (Å²) < 4.78 is 53.5. The van der Waals surface area contributed by atoms with Gasteiger partial charge in [-0.05, 0) is 24.3 Å². The van der Waals surface area contributed by atoms with E-state index >= 15 is 0 Å². The lowest BCUT2D eigenvalue weighted by molar-refractivity contribution is -0.113. The van der Waals surface area contributed by atoms with Gasteiger partial charge in [-0.3, -0.25) is 9.10 Å². The Morgan fingerprint density at radius 2 is 1.84 bits per heavy atom. The zero-order chi connectivity index (χ0) is 22.6. The van der Waals surface area contributed by atoms with E-state index < -0.39 is 27.6 Å². The standard InChI is InChI=1S/C19H19F2N5O3S2/c1-25-17(11-26(31(2,28)29)14-6-4-3-5-7-14)23-24-19(25)30-12-18(27)22-13-8-9-15(20)16(21)10-13/h3-10H,11-12H2,1-2H3,(H,22,27). The van der Waals surface area contributed by atoms with Crippen LogP contribution in [0.15, 0.2) is 53.7 Å². The van der Waals surface area contributed by atoms with Gasteiger partial charge in [0, 0.05) is 18.8 Å². The molecule has 0 saturated carbocycles. The SMILES string of the molecule is Cn1c(CN(c2ccccc2)S(C)(=O)=O)nnc1SCC(=O)Nc1ccc(F)c(F)c1. The van der Waals surface area contributed by atoms with Gasteiger partial charge in [0.25, 0.3) is 0 Å². The number of thioether (sulfide) groups is 1. The monoisotopic (exact) mass is 467 g/mol. The highest BCUT2D eigenvalue weighted by atomic mass is 32.2. The first-order valence-corrected chi connectivity index (χ1v) is 11.8. The van der Waals surface area contributed by atoms with Crippen LogP contribution in [0.4, 0.5) is 20.2 Å². The molecule has 0 atom stereocenters. The molecule has 0 saturated heterocycles. The normalized spacial score (nSPS) is 11.4. The Morgan fingerprint density at radius 1 is 1.13 bits per heavy atom. The van der Waals surface area contributed by atoms with Gasteiger partial charge in [0.05, 0.1) is 24.2 Å². The maximum Gasteiger partial charge on any atom is 0.234 e. The number of benzene rings is 2. The molecule has 31 heavy (non-hydrogen) atoms. The number of halogens is 2. The summed E-state index contributed by atoms with van der Waals surface area (Å²) in [6.45, 7) is -0.0338. The smallest absolute Gasteiger partial charge is 0.234 e. The van der Waals surface area contributed by atoms with Crippen molar-refractivity contribution in [3.63, 3.8) is 0 Å². The summed E-state index contributed by atoms with van der Waals surface area (Å²) in [4.78, 5) is 12.1. The van der Waals surface area contributed by atoms with E-state index in [4.69, 9.17) is 0 Å². The zero-order valence-corrected chi connectivity index (χ0v) is 18.3. The first-order chi connectivity index (χ1) is 14.6. The largest absolute Gasteiger partial charge is 0.325 e. The van der Waals surface area contributed by atoms with E-state index in [1.54, 1.807) is 41.9 Å². The van der Waals surface area contributed by atoms with Crippen molar-refractivity contribution in [2.75, 3.05) is 21.6 Å². The zero-order valence-electron chi connectivity index (χ0n) is 16.6. The molecule has 1 aromatic heterocycles. The summed E-state index contributed by atoms with van der Waals surface area (Å²) >= 11 is 1.07. The molecule has 0 aliphatic carbocycles. The van der Waals surface area contributed by atoms with Gasteiger partial charge in [-0.15, -0.1) is 10.2 Å². The van der Waals surface area contributed by atoms with Gasteiger partial charge in [0.2, 0.25) is 15.9 Å². The fraction of sp³-hybridized carbons (Fsp3) is 0.211. The first-order valence-electron chi connectivity index (χ1n) is 8.94. The Hall–Kier alpha value is -2.99. The summed E-state index contributed by atoms with van der Waals surface area (Å²) in [6.07, 6.45) is 1.11. The minimum atomic E-state index is -3.57. The molecule has 2 aromatic carbocycles. The third-order valence-corrected chi connectivity index (χ3v) is 6.35. The van der Waals surface area contributed by atoms with Crippen molar-refractivity contribution in [1.29, 1.82) is 0 Å². The fourth-order valence-corrected chi connectivity index (χ4v) is 4.22.